The molecule has 0 saturated carbocycles. The maximum absolute atomic E-state index is 11.7. The summed E-state index contributed by atoms with van der Waals surface area (Å²) in [4.78, 5) is 32.1. The molecule has 0 unspecified atom stereocenters. The smallest absolute Gasteiger partial charge is 0.247 e. The number of fused-ring (bicyclic) bond motifs is 2. The van der Waals surface area contributed by atoms with E-state index in [1.54, 1.807) is 0 Å². The van der Waals surface area contributed by atoms with E-state index in [2.05, 4.69) is 38.1 Å². The van der Waals surface area contributed by atoms with Crippen LogP contribution in [0.4, 0.5) is 17.3 Å². The van der Waals surface area contributed by atoms with Crippen LogP contribution in [0.25, 0.3) is 21.9 Å². The Morgan fingerprint density at radius 3 is 2.78 bits per heavy atom. The summed E-state index contributed by atoms with van der Waals surface area (Å²) in [5.41, 5.74) is 4.28. The van der Waals surface area contributed by atoms with Gasteiger partial charge in [-0.05, 0) is 68.7 Å². The molecule has 36 heavy (non-hydrogen) atoms. The first-order chi connectivity index (χ1) is 17.5. The molecule has 3 aromatic heterocycles. The maximum atomic E-state index is 11.7. The fraction of sp³-hybridized carbons (Fsp3) is 0.111. The zero-order valence-electron chi connectivity index (χ0n) is 19.9. The van der Waals surface area contributed by atoms with Gasteiger partial charge in [0.25, 0.3) is 0 Å². The molecule has 0 aliphatic rings. The highest BCUT2D eigenvalue weighted by atomic mass is 32.2. The van der Waals surface area contributed by atoms with Crippen LogP contribution in [-0.4, -0.2) is 44.8 Å². The second-order valence-electron chi connectivity index (χ2n) is 8.49. The van der Waals surface area contributed by atoms with Crippen LogP contribution in [0.15, 0.2) is 89.4 Å². The summed E-state index contributed by atoms with van der Waals surface area (Å²) in [6.45, 7) is 4.30. The van der Waals surface area contributed by atoms with Crippen LogP contribution in [0.1, 0.15) is 5.69 Å². The van der Waals surface area contributed by atoms with Crippen molar-refractivity contribution in [1.29, 1.82) is 0 Å². The van der Waals surface area contributed by atoms with Crippen LogP contribution in [0, 0.1) is 0 Å². The first-order valence-corrected chi connectivity index (χ1v) is 12.2. The number of benzene rings is 2. The number of carbonyl (C=O) groups is 1. The Morgan fingerprint density at radius 2 is 1.94 bits per heavy atom. The number of H-pyrrole nitrogens is 1. The van der Waals surface area contributed by atoms with E-state index >= 15 is 0 Å². The Hall–Kier alpha value is -4.21. The van der Waals surface area contributed by atoms with Gasteiger partial charge >= 0.3 is 0 Å². The molecule has 180 valence electrons. The first-order valence-electron chi connectivity index (χ1n) is 11.3. The van der Waals surface area contributed by atoms with Gasteiger partial charge < -0.3 is 20.5 Å². The van der Waals surface area contributed by atoms with Crippen molar-refractivity contribution in [3.8, 4) is 0 Å². The fourth-order valence-electron chi connectivity index (χ4n) is 3.78. The predicted molar refractivity (Wildman–Crippen MR) is 146 cm³/mol. The predicted octanol–water partition coefficient (Wildman–Crippen LogP) is 5.59. The third-order valence-corrected chi connectivity index (χ3v) is 6.36. The number of nitrogens with zero attached hydrogens (tertiary/aromatic N) is 4. The van der Waals surface area contributed by atoms with Crippen molar-refractivity contribution in [3.63, 3.8) is 0 Å². The van der Waals surface area contributed by atoms with Crippen molar-refractivity contribution >= 4 is 56.9 Å². The second-order valence-corrected chi connectivity index (χ2v) is 9.55. The molecule has 0 saturated heterocycles. The fourth-order valence-corrected chi connectivity index (χ4v) is 4.74. The number of nitrogens with one attached hydrogen (secondary N) is 3. The molecule has 0 bridgehead atoms. The van der Waals surface area contributed by atoms with Crippen LogP contribution in [0.5, 0.6) is 0 Å². The van der Waals surface area contributed by atoms with Crippen molar-refractivity contribution < 1.29 is 4.79 Å². The lowest BCUT2D eigenvalue weighted by Crippen LogP contribution is -2.11. The molecule has 0 radical (unpaired) electrons. The summed E-state index contributed by atoms with van der Waals surface area (Å²) >= 11 is 1.50. The van der Waals surface area contributed by atoms with E-state index in [9.17, 15) is 4.79 Å². The SMILES string of the molecule is C=CC(=O)Nc1cccc(Sc2nc(Nc3ccc4nc(CN(C)C)ccc4c3)nc3[nH]ccc23)c1. The molecule has 8 nitrogen and oxygen atoms in total. The van der Waals surface area contributed by atoms with Gasteiger partial charge in [-0.1, -0.05) is 30.5 Å². The van der Waals surface area contributed by atoms with Gasteiger partial charge in [-0.25, -0.2) is 4.98 Å². The summed E-state index contributed by atoms with van der Waals surface area (Å²) in [6.07, 6.45) is 3.10. The molecule has 5 aromatic rings. The highest BCUT2D eigenvalue weighted by Crippen LogP contribution is 2.34. The van der Waals surface area contributed by atoms with Gasteiger partial charge in [0, 0.05) is 34.4 Å². The molecule has 3 heterocycles. The van der Waals surface area contributed by atoms with Crippen molar-refractivity contribution in [2.75, 3.05) is 24.7 Å². The van der Waals surface area contributed by atoms with Crippen LogP contribution >= 0.6 is 11.8 Å². The van der Waals surface area contributed by atoms with Gasteiger partial charge in [0.2, 0.25) is 11.9 Å². The minimum atomic E-state index is -0.252. The van der Waals surface area contributed by atoms with Crippen molar-refractivity contribution in [2.24, 2.45) is 0 Å². The van der Waals surface area contributed by atoms with Crippen LogP contribution in [0.2, 0.25) is 0 Å². The Bertz CT molecular complexity index is 1580. The Balaban J connectivity index is 1.41. The number of carbonyl (C=O) groups excluding carboxylic acids is 1. The molecule has 9 heteroatoms. The standard InChI is InChI=1S/C27H25N7OS/c1-4-24(35)30-18-6-5-7-21(15-18)36-26-22-12-13-28-25(22)32-27(33-26)31-19-10-11-23-17(14-19)8-9-20(29-23)16-34(2)3/h4-15H,1,16H2,2-3H3,(H,30,35)(H2,28,31,32,33). The molecule has 3 N–H and O–H groups in total. The van der Waals surface area contributed by atoms with E-state index in [4.69, 9.17) is 9.97 Å². The minimum Gasteiger partial charge on any atom is -0.346 e. The van der Waals surface area contributed by atoms with Gasteiger partial charge in [-0.2, -0.15) is 4.98 Å². The molecule has 0 spiro atoms. The number of hydrogen-bond donors (Lipinski definition) is 3. The average molecular weight is 496 g/mol. The van der Waals surface area contributed by atoms with Gasteiger partial charge in [0.15, 0.2) is 0 Å². The number of rotatable bonds is 8. The monoisotopic (exact) mass is 495 g/mol. The van der Waals surface area contributed by atoms with E-state index in [-0.39, 0.29) is 5.91 Å². The Kier molecular flexibility index (Phi) is 6.66. The molecule has 0 fully saturated rings. The summed E-state index contributed by atoms with van der Waals surface area (Å²) in [6, 6.07) is 19.7. The minimum absolute atomic E-state index is 0.252. The van der Waals surface area contributed by atoms with Crippen LogP contribution in [0.3, 0.4) is 0 Å². The normalized spacial score (nSPS) is 11.2. The number of pyridine rings is 1. The zero-order chi connectivity index (χ0) is 25.1. The molecular formula is C27H25N7OS. The number of amides is 1. The highest BCUT2D eigenvalue weighted by Gasteiger charge is 2.12. The average Bonchev–Trinajstić information content (AvgIpc) is 3.33. The van der Waals surface area contributed by atoms with Gasteiger partial charge in [-0.3, -0.25) is 9.78 Å². The van der Waals surface area contributed by atoms with Crippen molar-refractivity contribution in [2.45, 2.75) is 16.5 Å². The second kappa shape index (κ2) is 10.2. The Morgan fingerprint density at radius 1 is 1.06 bits per heavy atom. The van der Waals surface area contributed by atoms with E-state index < -0.39 is 0 Å². The molecule has 2 aromatic carbocycles. The summed E-state index contributed by atoms with van der Waals surface area (Å²) in [7, 11) is 4.06. The highest BCUT2D eigenvalue weighted by molar-refractivity contribution is 7.99. The van der Waals surface area contributed by atoms with Gasteiger partial charge in [-0.15, -0.1) is 0 Å². The summed E-state index contributed by atoms with van der Waals surface area (Å²) in [5, 5.41) is 8.88. The van der Waals surface area contributed by atoms with Crippen LogP contribution < -0.4 is 10.6 Å². The van der Waals surface area contributed by atoms with E-state index in [0.717, 1.165) is 49.8 Å². The van der Waals surface area contributed by atoms with Crippen molar-refractivity contribution in [1.82, 2.24) is 24.8 Å². The molecule has 0 atom stereocenters. The van der Waals surface area contributed by atoms with Gasteiger partial charge in [0.05, 0.1) is 16.6 Å². The third-order valence-electron chi connectivity index (χ3n) is 5.36. The number of hydrogen-bond acceptors (Lipinski definition) is 7. The quantitative estimate of drug-likeness (QED) is 0.191. The van der Waals surface area contributed by atoms with Gasteiger partial charge in [0.1, 0.15) is 10.7 Å². The Labute approximate surface area is 212 Å². The molecular weight excluding hydrogens is 470 g/mol. The summed E-state index contributed by atoms with van der Waals surface area (Å²) < 4.78 is 0. The number of aromatic nitrogens is 4. The largest absolute Gasteiger partial charge is 0.346 e. The third kappa shape index (κ3) is 5.37. The first kappa shape index (κ1) is 23.5. The molecule has 5 rings (SSSR count). The molecule has 1 amide bonds. The topological polar surface area (TPSA) is 98.8 Å². The summed E-state index contributed by atoms with van der Waals surface area (Å²) in [5.74, 6) is 0.235. The molecule has 0 aliphatic heterocycles. The van der Waals surface area contributed by atoms with E-state index in [1.165, 1.54) is 17.8 Å². The van der Waals surface area contributed by atoms with Crippen molar-refractivity contribution in [3.05, 3.63) is 85.2 Å². The number of anilines is 3. The maximum Gasteiger partial charge on any atom is 0.247 e. The van der Waals surface area contributed by atoms with Crippen LogP contribution in [-0.2, 0) is 11.3 Å². The number of aromatic amines is 1. The van der Waals surface area contributed by atoms with E-state index in [1.807, 2.05) is 74.9 Å². The lowest BCUT2D eigenvalue weighted by molar-refractivity contribution is -0.111. The lowest BCUT2D eigenvalue weighted by Gasteiger charge is -2.11. The zero-order valence-corrected chi connectivity index (χ0v) is 20.8. The molecule has 0 aliphatic carbocycles. The lowest BCUT2D eigenvalue weighted by atomic mass is 10.2. The van der Waals surface area contributed by atoms with E-state index in [0.29, 0.717) is 11.6 Å².